The summed E-state index contributed by atoms with van der Waals surface area (Å²) in [5, 5.41) is 31.1. The van der Waals surface area contributed by atoms with Crippen LogP contribution in [0.5, 0.6) is 0 Å². The fraction of sp³-hybridized carbons (Fsp3) is 0.957. The molecule has 3 N–H and O–H groups in total. The lowest BCUT2D eigenvalue weighted by molar-refractivity contribution is -0.150. The Morgan fingerprint density at radius 1 is 0.444 bits per heavy atom. The number of aliphatic hydroxyl groups excluding tert-OH is 3. The fourth-order valence-electron chi connectivity index (χ4n) is 7.46. The topological polar surface area (TPSA) is 117 Å². The molecule has 0 bridgehead atoms. The largest absolute Gasteiger partial charge is 0.465 e. The van der Waals surface area contributed by atoms with E-state index >= 15 is 0 Å². The van der Waals surface area contributed by atoms with Crippen LogP contribution in [0, 0.1) is 11.8 Å². The highest BCUT2D eigenvalue weighted by Gasteiger charge is 2.21. The SMILES string of the molecule is CCCCCCCCC(CCCCCC)C(=O)OCCCC[C@H](O)CN(CCO)C[C@@H](O)CCCCOC(=O)C(CCCCCC)CCCCCCCC. The Labute approximate surface area is 334 Å². The molecular weight excluding hydrogens is 679 g/mol. The molecule has 322 valence electrons. The molecule has 0 aliphatic rings. The van der Waals surface area contributed by atoms with Crippen LogP contribution in [-0.2, 0) is 19.1 Å². The molecule has 0 amide bonds. The predicted molar refractivity (Wildman–Crippen MR) is 226 cm³/mol. The van der Waals surface area contributed by atoms with Gasteiger partial charge in [0.1, 0.15) is 0 Å². The number of hydrogen-bond acceptors (Lipinski definition) is 8. The molecule has 8 nitrogen and oxygen atoms in total. The second-order valence-corrected chi connectivity index (χ2v) is 16.3. The van der Waals surface area contributed by atoms with Gasteiger partial charge in [0.05, 0.1) is 43.9 Å². The molecule has 0 aromatic heterocycles. The molecule has 2 unspecified atom stereocenters. The van der Waals surface area contributed by atoms with E-state index in [4.69, 9.17) is 9.47 Å². The smallest absolute Gasteiger partial charge is 0.308 e. The number of carbonyl (C=O) groups excluding carboxylic acids is 2. The third kappa shape index (κ3) is 33.0. The quantitative estimate of drug-likeness (QED) is 0.0415. The summed E-state index contributed by atoms with van der Waals surface area (Å²) in [6.45, 7) is 10.8. The van der Waals surface area contributed by atoms with Crippen molar-refractivity contribution in [2.24, 2.45) is 11.8 Å². The van der Waals surface area contributed by atoms with Gasteiger partial charge in [-0.15, -0.1) is 0 Å². The molecule has 0 saturated heterocycles. The summed E-state index contributed by atoms with van der Waals surface area (Å²) < 4.78 is 11.4. The van der Waals surface area contributed by atoms with Gasteiger partial charge in [0.15, 0.2) is 0 Å². The van der Waals surface area contributed by atoms with Crippen molar-refractivity contribution < 1.29 is 34.4 Å². The number of hydrogen-bond donors (Lipinski definition) is 3. The highest BCUT2D eigenvalue weighted by molar-refractivity contribution is 5.72. The van der Waals surface area contributed by atoms with Crippen molar-refractivity contribution in [2.45, 2.75) is 233 Å². The molecule has 0 aromatic rings. The van der Waals surface area contributed by atoms with Gasteiger partial charge < -0.3 is 24.8 Å². The number of rotatable bonds is 42. The van der Waals surface area contributed by atoms with E-state index in [9.17, 15) is 24.9 Å². The average Bonchev–Trinajstić information content (AvgIpc) is 3.15. The van der Waals surface area contributed by atoms with Gasteiger partial charge in [-0.1, -0.05) is 156 Å². The molecule has 0 radical (unpaired) electrons. The molecular formula is C46H91NO7. The molecule has 54 heavy (non-hydrogen) atoms. The molecule has 0 saturated carbocycles. The third-order valence-electron chi connectivity index (χ3n) is 11.0. The maximum Gasteiger partial charge on any atom is 0.308 e. The first-order valence-corrected chi connectivity index (χ1v) is 23.3. The van der Waals surface area contributed by atoms with E-state index < -0.39 is 12.2 Å². The first-order valence-electron chi connectivity index (χ1n) is 23.3. The van der Waals surface area contributed by atoms with Crippen molar-refractivity contribution >= 4 is 11.9 Å². The summed E-state index contributed by atoms with van der Waals surface area (Å²) in [4.78, 5) is 27.8. The zero-order valence-electron chi connectivity index (χ0n) is 36.2. The lowest BCUT2D eigenvalue weighted by atomic mass is 9.94. The number of esters is 2. The second-order valence-electron chi connectivity index (χ2n) is 16.3. The molecule has 0 aliphatic carbocycles. The van der Waals surface area contributed by atoms with E-state index in [1.54, 1.807) is 0 Å². The van der Waals surface area contributed by atoms with Crippen LogP contribution in [0.15, 0.2) is 0 Å². The summed E-state index contributed by atoms with van der Waals surface area (Å²) in [6, 6.07) is 0. The lowest BCUT2D eigenvalue weighted by Crippen LogP contribution is -2.39. The fourth-order valence-corrected chi connectivity index (χ4v) is 7.46. The minimum atomic E-state index is -0.579. The van der Waals surface area contributed by atoms with Gasteiger partial charge in [0, 0.05) is 19.6 Å². The van der Waals surface area contributed by atoms with E-state index in [0.29, 0.717) is 58.5 Å². The summed E-state index contributed by atoms with van der Waals surface area (Å²) in [5.41, 5.74) is 0. The van der Waals surface area contributed by atoms with Crippen molar-refractivity contribution in [3.8, 4) is 0 Å². The maximum absolute atomic E-state index is 12.9. The Morgan fingerprint density at radius 2 is 0.741 bits per heavy atom. The molecule has 0 fully saturated rings. The first kappa shape index (κ1) is 52.8. The summed E-state index contributed by atoms with van der Waals surface area (Å²) in [5.74, 6) is -0.0895. The first-order chi connectivity index (χ1) is 26.3. The molecule has 0 spiro atoms. The zero-order chi connectivity index (χ0) is 39.9. The minimum absolute atomic E-state index is 0.00397. The summed E-state index contributed by atoms with van der Waals surface area (Å²) in [7, 11) is 0. The number of aliphatic hydroxyl groups is 3. The Balaban J connectivity index is 4.45. The van der Waals surface area contributed by atoms with Crippen LogP contribution in [-0.4, -0.2) is 83.8 Å². The zero-order valence-corrected chi connectivity index (χ0v) is 36.2. The van der Waals surface area contributed by atoms with Crippen LogP contribution < -0.4 is 0 Å². The summed E-state index contributed by atoms with van der Waals surface area (Å²) in [6.07, 6.45) is 30.7. The van der Waals surface area contributed by atoms with Gasteiger partial charge in [0.25, 0.3) is 0 Å². The minimum Gasteiger partial charge on any atom is -0.465 e. The lowest BCUT2D eigenvalue weighted by Gasteiger charge is -2.26. The second kappa shape index (κ2) is 40.0. The van der Waals surface area contributed by atoms with Crippen LogP contribution in [0.3, 0.4) is 0 Å². The van der Waals surface area contributed by atoms with Crippen molar-refractivity contribution in [3.05, 3.63) is 0 Å². The van der Waals surface area contributed by atoms with E-state index in [0.717, 1.165) is 64.2 Å². The Bertz CT molecular complexity index is 750. The van der Waals surface area contributed by atoms with Crippen LogP contribution in [0.4, 0.5) is 0 Å². The van der Waals surface area contributed by atoms with E-state index in [2.05, 4.69) is 27.7 Å². The van der Waals surface area contributed by atoms with Crippen LogP contribution in [0.2, 0.25) is 0 Å². The van der Waals surface area contributed by atoms with Gasteiger partial charge in [-0.2, -0.15) is 0 Å². The van der Waals surface area contributed by atoms with Crippen LogP contribution >= 0.6 is 0 Å². The van der Waals surface area contributed by atoms with E-state index in [1.807, 2.05) is 4.90 Å². The monoisotopic (exact) mass is 770 g/mol. The van der Waals surface area contributed by atoms with Crippen molar-refractivity contribution in [1.82, 2.24) is 4.90 Å². The predicted octanol–water partition coefficient (Wildman–Crippen LogP) is 11.1. The van der Waals surface area contributed by atoms with Crippen molar-refractivity contribution in [2.75, 3.05) is 39.5 Å². The van der Waals surface area contributed by atoms with Crippen LogP contribution in [0.1, 0.15) is 220 Å². The molecule has 0 aliphatic heterocycles. The van der Waals surface area contributed by atoms with Crippen molar-refractivity contribution in [3.63, 3.8) is 0 Å². The Morgan fingerprint density at radius 3 is 1.07 bits per heavy atom. The normalized spacial score (nSPS) is 13.9. The molecule has 0 rings (SSSR count). The van der Waals surface area contributed by atoms with Gasteiger partial charge in [0.2, 0.25) is 0 Å². The number of carbonyl (C=O) groups is 2. The van der Waals surface area contributed by atoms with Crippen LogP contribution in [0.25, 0.3) is 0 Å². The third-order valence-corrected chi connectivity index (χ3v) is 11.0. The molecule has 0 heterocycles. The van der Waals surface area contributed by atoms with Crippen molar-refractivity contribution in [1.29, 1.82) is 0 Å². The average molecular weight is 770 g/mol. The van der Waals surface area contributed by atoms with Gasteiger partial charge in [-0.3, -0.25) is 14.5 Å². The maximum atomic E-state index is 12.9. The Kier molecular flexibility index (Phi) is 39.1. The highest BCUT2D eigenvalue weighted by Crippen LogP contribution is 2.22. The van der Waals surface area contributed by atoms with Gasteiger partial charge in [-0.05, 0) is 64.2 Å². The highest BCUT2D eigenvalue weighted by atomic mass is 16.5. The number of ether oxygens (including phenoxy) is 2. The number of nitrogens with zero attached hydrogens (tertiary/aromatic N) is 1. The standard InChI is InChI=1S/C46H91NO7/c1-5-9-13-17-19-23-31-41(29-21-15-11-7-3)45(51)53-37-27-25-33-43(49)39-47(35-36-48)40-44(50)34-26-28-38-54-46(52)42(30-22-16-12-8-4)32-24-20-18-14-10-6-2/h41-44,48-50H,5-40H2,1-4H3/t41?,42?,43-,44-/m0/s1. The van der Waals surface area contributed by atoms with E-state index in [1.165, 1.54) is 103 Å². The molecule has 4 atom stereocenters. The molecule has 8 heteroatoms. The van der Waals surface area contributed by atoms with E-state index in [-0.39, 0.29) is 30.4 Å². The Hall–Kier alpha value is -1.22. The van der Waals surface area contributed by atoms with Gasteiger partial charge in [-0.25, -0.2) is 0 Å². The number of unbranched alkanes of at least 4 members (excludes halogenated alkanes) is 18. The van der Waals surface area contributed by atoms with Gasteiger partial charge >= 0.3 is 11.9 Å². The molecule has 0 aromatic carbocycles. The summed E-state index contributed by atoms with van der Waals surface area (Å²) >= 11 is 0.